The van der Waals surface area contributed by atoms with Gasteiger partial charge in [-0.2, -0.15) is 5.26 Å². The van der Waals surface area contributed by atoms with Gasteiger partial charge in [0.1, 0.15) is 17.8 Å². The molecule has 0 bridgehead atoms. The molecule has 0 amide bonds. The van der Waals surface area contributed by atoms with Crippen molar-refractivity contribution < 1.29 is 4.42 Å². The molecule has 0 atom stereocenters. The number of rotatable bonds is 0. The maximum absolute atomic E-state index is 8.69. The van der Waals surface area contributed by atoms with E-state index in [2.05, 4.69) is 20.9 Å². The molecule has 0 aliphatic rings. The number of hydrogen-bond donors (Lipinski definition) is 0. The number of hydrogen-bond acceptors (Lipinski definition) is 3. The second-order valence-corrected chi connectivity index (χ2v) is 3.09. The van der Waals surface area contributed by atoms with Crippen LogP contribution in [0.4, 0.5) is 0 Å². The fourth-order valence-electron chi connectivity index (χ4n) is 0.992. The SMILES string of the molecule is N#Cc1ccnc2c(Br)coc12. The molecule has 0 radical (unpaired) electrons. The van der Waals surface area contributed by atoms with Crippen molar-refractivity contribution in [3.63, 3.8) is 0 Å². The van der Waals surface area contributed by atoms with Crippen molar-refractivity contribution in [2.75, 3.05) is 0 Å². The zero-order valence-corrected chi connectivity index (χ0v) is 7.50. The highest BCUT2D eigenvalue weighted by Crippen LogP contribution is 2.25. The van der Waals surface area contributed by atoms with Crippen LogP contribution in [-0.2, 0) is 0 Å². The average Bonchev–Trinajstić information content (AvgIpc) is 2.48. The highest BCUT2D eigenvalue weighted by Gasteiger charge is 2.07. The fraction of sp³-hybridized carbons (Fsp3) is 0. The molecule has 0 aliphatic carbocycles. The van der Waals surface area contributed by atoms with Gasteiger partial charge in [0.15, 0.2) is 5.58 Å². The number of halogens is 1. The zero-order chi connectivity index (χ0) is 8.55. The van der Waals surface area contributed by atoms with Gasteiger partial charge in [-0.1, -0.05) is 0 Å². The topological polar surface area (TPSA) is 49.8 Å². The van der Waals surface area contributed by atoms with Gasteiger partial charge in [0.25, 0.3) is 0 Å². The molecule has 0 aromatic carbocycles. The van der Waals surface area contributed by atoms with E-state index in [0.717, 1.165) is 4.47 Å². The van der Waals surface area contributed by atoms with Crippen LogP contribution in [0.3, 0.4) is 0 Å². The third-order valence-corrected chi connectivity index (χ3v) is 2.09. The molecule has 2 heterocycles. The van der Waals surface area contributed by atoms with Crippen molar-refractivity contribution in [2.24, 2.45) is 0 Å². The van der Waals surface area contributed by atoms with Gasteiger partial charge < -0.3 is 4.42 Å². The summed E-state index contributed by atoms with van der Waals surface area (Å²) in [5, 5.41) is 8.69. The minimum Gasteiger partial charge on any atom is -0.460 e. The summed E-state index contributed by atoms with van der Waals surface area (Å²) < 4.78 is 5.91. The second kappa shape index (κ2) is 2.61. The van der Waals surface area contributed by atoms with Gasteiger partial charge in [0, 0.05) is 6.20 Å². The van der Waals surface area contributed by atoms with Gasteiger partial charge in [0.2, 0.25) is 0 Å². The lowest BCUT2D eigenvalue weighted by molar-refractivity contribution is 0.612. The molecule has 2 rings (SSSR count). The molecular formula is C8H3BrN2O. The minimum atomic E-state index is 0.505. The smallest absolute Gasteiger partial charge is 0.171 e. The van der Waals surface area contributed by atoms with E-state index in [9.17, 15) is 0 Å². The van der Waals surface area contributed by atoms with Crippen LogP contribution in [0.5, 0.6) is 0 Å². The highest BCUT2D eigenvalue weighted by molar-refractivity contribution is 9.10. The molecule has 0 unspecified atom stereocenters. The standard InChI is InChI=1S/C8H3BrN2O/c9-6-4-12-8-5(3-10)1-2-11-7(6)8/h1-2,4H. The van der Waals surface area contributed by atoms with Crippen molar-refractivity contribution >= 4 is 27.0 Å². The molecular weight excluding hydrogens is 220 g/mol. The Bertz CT molecular complexity index is 469. The Morgan fingerprint density at radius 1 is 1.58 bits per heavy atom. The number of pyridine rings is 1. The maximum atomic E-state index is 8.69. The molecule has 2 aromatic heterocycles. The summed E-state index contributed by atoms with van der Waals surface area (Å²) in [4.78, 5) is 4.06. The second-order valence-electron chi connectivity index (χ2n) is 2.23. The summed E-state index contributed by atoms with van der Waals surface area (Å²) in [6, 6.07) is 3.65. The molecule has 0 saturated carbocycles. The first kappa shape index (κ1) is 7.32. The van der Waals surface area contributed by atoms with Crippen LogP contribution in [0.1, 0.15) is 5.56 Å². The van der Waals surface area contributed by atoms with Crippen LogP contribution in [0.25, 0.3) is 11.1 Å². The Morgan fingerprint density at radius 3 is 3.17 bits per heavy atom. The van der Waals surface area contributed by atoms with Crippen LogP contribution >= 0.6 is 15.9 Å². The first-order chi connectivity index (χ1) is 5.83. The molecule has 2 aromatic rings. The van der Waals surface area contributed by atoms with Gasteiger partial charge in [-0.3, -0.25) is 4.98 Å². The van der Waals surface area contributed by atoms with E-state index in [1.54, 1.807) is 12.3 Å². The largest absolute Gasteiger partial charge is 0.460 e. The predicted molar refractivity (Wildman–Crippen MR) is 46.4 cm³/mol. The van der Waals surface area contributed by atoms with Gasteiger partial charge in [-0.25, -0.2) is 0 Å². The van der Waals surface area contributed by atoms with Gasteiger partial charge in [-0.15, -0.1) is 0 Å². The molecule has 0 spiro atoms. The van der Waals surface area contributed by atoms with Crippen molar-refractivity contribution in [2.45, 2.75) is 0 Å². The molecule has 4 heteroatoms. The lowest BCUT2D eigenvalue weighted by Crippen LogP contribution is -1.77. The number of furan rings is 1. The van der Waals surface area contributed by atoms with Crippen molar-refractivity contribution in [1.82, 2.24) is 4.98 Å². The van der Waals surface area contributed by atoms with Crippen LogP contribution < -0.4 is 0 Å². The summed E-state index contributed by atoms with van der Waals surface area (Å²) in [5.74, 6) is 0. The van der Waals surface area contributed by atoms with E-state index in [-0.39, 0.29) is 0 Å². The predicted octanol–water partition coefficient (Wildman–Crippen LogP) is 2.46. The van der Waals surface area contributed by atoms with E-state index >= 15 is 0 Å². The van der Waals surface area contributed by atoms with Crippen LogP contribution in [0.15, 0.2) is 27.4 Å². The summed E-state index contributed by atoms with van der Waals surface area (Å²) in [7, 11) is 0. The molecule has 0 N–H and O–H groups in total. The summed E-state index contributed by atoms with van der Waals surface area (Å²) in [6.45, 7) is 0. The number of nitriles is 1. The van der Waals surface area contributed by atoms with Crippen molar-refractivity contribution in [1.29, 1.82) is 5.26 Å². The Kier molecular flexibility index (Phi) is 1.59. The third-order valence-electron chi connectivity index (χ3n) is 1.53. The maximum Gasteiger partial charge on any atom is 0.171 e. The van der Waals surface area contributed by atoms with E-state index in [1.165, 1.54) is 6.26 Å². The summed E-state index contributed by atoms with van der Waals surface area (Å²) in [6.07, 6.45) is 3.11. The van der Waals surface area contributed by atoms with Crippen LogP contribution in [-0.4, -0.2) is 4.98 Å². The lowest BCUT2D eigenvalue weighted by atomic mass is 10.2. The van der Waals surface area contributed by atoms with Gasteiger partial charge in [0.05, 0.1) is 10.0 Å². The number of aromatic nitrogens is 1. The normalized spacial score (nSPS) is 10.0. The first-order valence-electron chi connectivity index (χ1n) is 3.24. The van der Waals surface area contributed by atoms with E-state index in [4.69, 9.17) is 9.68 Å². The summed E-state index contributed by atoms with van der Waals surface area (Å²) in [5.41, 5.74) is 1.73. The molecule has 0 fully saturated rings. The van der Waals surface area contributed by atoms with E-state index in [1.807, 2.05) is 6.07 Å². The molecule has 58 valence electrons. The van der Waals surface area contributed by atoms with Crippen LogP contribution in [0, 0.1) is 11.3 Å². The van der Waals surface area contributed by atoms with Gasteiger partial charge >= 0.3 is 0 Å². The Morgan fingerprint density at radius 2 is 2.42 bits per heavy atom. The molecule has 3 nitrogen and oxygen atoms in total. The molecule has 12 heavy (non-hydrogen) atoms. The Hall–Kier alpha value is -1.34. The average molecular weight is 223 g/mol. The fourth-order valence-corrected chi connectivity index (χ4v) is 1.37. The van der Waals surface area contributed by atoms with Crippen molar-refractivity contribution in [3.05, 3.63) is 28.6 Å². The highest BCUT2D eigenvalue weighted by atomic mass is 79.9. The minimum absolute atomic E-state index is 0.505. The van der Waals surface area contributed by atoms with Gasteiger partial charge in [-0.05, 0) is 22.0 Å². The van der Waals surface area contributed by atoms with Crippen molar-refractivity contribution in [3.8, 4) is 6.07 Å². The Labute approximate surface area is 76.8 Å². The molecule has 0 aliphatic heterocycles. The number of fused-ring (bicyclic) bond motifs is 1. The zero-order valence-electron chi connectivity index (χ0n) is 5.91. The first-order valence-corrected chi connectivity index (χ1v) is 4.04. The molecule has 0 saturated heterocycles. The Balaban J connectivity index is 2.92. The van der Waals surface area contributed by atoms with E-state index < -0.39 is 0 Å². The number of nitrogens with zero attached hydrogens (tertiary/aromatic N) is 2. The quantitative estimate of drug-likeness (QED) is 0.689. The lowest BCUT2D eigenvalue weighted by Gasteiger charge is -1.88. The third kappa shape index (κ3) is 0.908. The van der Waals surface area contributed by atoms with Crippen LogP contribution in [0.2, 0.25) is 0 Å². The summed E-state index contributed by atoms with van der Waals surface area (Å²) >= 11 is 3.26. The monoisotopic (exact) mass is 222 g/mol. The van der Waals surface area contributed by atoms with E-state index in [0.29, 0.717) is 16.7 Å².